The lowest BCUT2D eigenvalue weighted by Crippen LogP contribution is -2.53. The van der Waals surface area contributed by atoms with E-state index >= 15 is 0 Å². The van der Waals surface area contributed by atoms with Gasteiger partial charge in [-0.05, 0) is 33.9 Å². The number of likely N-dealkylation sites (N-methyl/N-ethyl adjacent to an activating group) is 1. The molecule has 1 aliphatic carbocycles. The maximum absolute atomic E-state index is 3.81. The molecule has 0 radical (unpaired) electrons. The Hall–Kier alpha value is -0.160. The minimum Gasteiger partial charge on any atom is -0.312 e. The zero-order valence-corrected chi connectivity index (χ0v) is 14.5. The maximum atomic E-state index is 3.81. The first kappa shape index (κ1) is 17.2. The van der Waals surface area contributed by atoms with Crippen molar-refractivity contribution < 1.29 is 0 Å². The van der Waals surface area contributed by atoms with E-state index in [2.05, 4.69) is 41.0 Å². The van der Waals surface area contributed by atoms with Gasteiger partial charge in [-0.25, -0.2) is 0 Å². The van der Waals surface area contributed by atoms with E-state index in [0.29, 0.717) is 6.04 Å². The van der Waals surface area contributed by atoms with Crippen LogP contribution in [0.15, 0.2) is 0 Å². The van der Waals surface area contributed by atoms with E-state index in [1.807, 2.05) is 0 Å². The molecule has 0 aromatic carbocycles. The first-order chi connectivity index (χ1) is 10.1. The molecule has 0 spiro atoms. The molecule has 1 unspecified atom stereocenters. The number of piperazine rings is 1. The average molecular weight is 297 g/mol. The van der Waals surface area contributed by atoms with E-state index in [4.69, 9.17) is 0 Å². The van der Waals surface area contributed by atoms with E-state index in [1.54, 1.807) is 0 Å². The van der Waals surface area contributed by atoms with Crippen molar-refractivity contribution in [2.24, 2.45) is 0 Å². The van der Waals surface area contributed by atoms with Gasteiger partial charge < -0.3 is 10.2 Å². The van der Waals surface area contributed by atoms with Crippen LogP contribution >= 0.6 is 0 Å². The lowest BCUT2D eigenvalue weighted by molar-refractivity contribution is 0.0952. The number of hydrogen-bond acceptors (Lipinski definition) is 4. The highest BCUT2D eigenvalue weighted by Gasteiger charge is 2.21. The summed E-state index contributed by atoms with van der Waals surface area (Å²) in [5, 5.41) is 3.81. The Bertz CT molecular complexity index is 268. The standard InChI is InChI=1S/C17H36N4/c1-16(15-18-17-7-5-4-6-8-17)21-13-11-20(12-14-21)10-9-19(2)3/h16-18H,4-15H2,1-3H3. The van der Waals surface area contributed by atoms with Crippen LogP contribution in [0.1, 0.15) is 39.0 Å². The quantitative estimate of drug-likeness (QED) is 0.768. The molecular formula is C17H36N4. The fourth-order valence-electron chi connectivity index (χ4n) is 3.54. The predicted molar refractivity (Wildman–Crippen MR) is 90.9 cm³/mol. The van der Waals surface area contributed by atoms with Crippen molar-refractivity contribution in [1.82, 2.24) is 20.0 Å². The molecule has 1 heterocycles. The monoisotopic (exact) mass is 296 g/mol. The maximum Gasteiger partial charge on any atom is 0.0193 e. The van der Waals surface area contributed by atoms with Gasteiger partial charge in [0, 0.05) is 57.9 Å². The minimum atomic E-state index is 0.683. The van der Waals surface area contributed by atoms with E-state index in [9.17, 15) is 0 Å². The van der Waals surface area contributed by atoms with Crippen molar-refractivity contribution in [2.75, 3.05) is 59.9 Å². The smallest absolute Gasteiger partial charge is 0.0193 e. The lowest BCUT2D eigenvalue weighted by Gasteiger charge is -2.39. The fraction of sp³-hybridized carbons (Fsp3) is 1.00. The van der Waals surface area contributed by atoms with Gasteiger partial charge in [0.2, 0.25) is 0 Å². The van der Waals surface area contributed by atoms with Crippen LogP contribution in [0.5, 0.6) is 0 Å². The summed E-state index contributed by atoms with van der Waals surface area (Å²) in [6.45, 7) is 10.9. The number of rotatable bonds is 7. The average Bonchev–Trinajstić information content (AvgIpc) is 2.52. The molecule has 1 atom stereocenters. The van der Waals surface area contributed by atoms with Gasteiger partial charge in [-0.1, -0.05) is 19.3 Å². The van der Waals surface area contributed by atoms with Crippen LogP contribution in [0.3, 0.4) is 0 Å². The molecule has 1 aliphatic heterocycles. The van der Waals surface area contributed by atoms with Crippen LogP contribution in [0.25, 0.3) is 0 Å². The lowest BCUT2D eigenvalue weighted by atomic mass is 9.95. The molecule has 124 valence electrons. The van der Waals surface area contributed by atoms with Crippen LogP contribution in [-0.2, 0) is 0 Å². The molecule has 4 nitrogen and oxygen atoms in total. The van der Waals surface area contributed by atoms with E-state index in [0.717, 1.165) is 6.04 Å². The Balaban J connectivity index is 1.59. The van der Waals surface area contributed by atoms with Crippen LogP contribution in [0.4, 0.5) is 0 Å². The molecule has 1 saturated carbocycles. The largest absolute Gasteiger partial charge is 0.312 e. The van der Waals surface area contributed by atoms with Gasteiger partial charge in [-0.15, -0.1) is 0 Å². The fourth-order valence-corrected chi connectivity index (χ4v) is 3.54. The van der Waals surface area contributed by atoms with E-state index in [1.165, 1.54) is 77.9 Å². The second kappa shape index (κ2) is 9.09. The van der Waals surface area contributed by atoms with Gasteiger partial charge >= 0.3 is 0 Å². The molecule has 2 rings (SSSR count). The van der Waals surface area contributed by atoms with E-state index in [-0.39, 0.29) is 0 Å². The summed E-state index contributed by atoms with van der Waals surface area (Å²) in [5.41, 5.74) is 0. The predicted octanol–water partition coefficient (Wildman–Crippen LogP) is 1.48. The van der Waals surface area contributed by atoms with Crippen LogP contribution < -0.4 is 5.32 Å². The normalized spacial score (nSPS) is 24.6. The van der Waals surface area contributed by atoms with Crippen molar-refractivity contribution in [1.29, 1.82) is 0 Å². The van der Waals surface area contributed by atoms with Crippen molar-refractivity contribution >= 4 is 0 Å². The molecule has 1 N–H and O–H groups in total. The van der Waals surface area contributed by atoms with Crippen molar-refractivity contribution in [2.45, 2.75) is 51.1 Å². The molecule has 1 saturated heterocycles. The summed E-state index contributed by atoms with van der Waals surface area (Å²) < 4.78 is 0. The highest BCUT2D eigenvalue weighted by atomic mass is 15.3. The molecule has 0 bridgehead atoms. The minimum absolute atomic E-state index is 0.683. The van der Waals surface area contributed by atoms with Crippen molar-refractivity contribution in [3.63, 3.8) is 0 Å². The van der Waals surface area contributed by atoms with Crippen molar-refractivity contribution in [3.8, 4) is 0 Å². The molecule has 2 aliphatic rings. The number of nitrogens with one attached hydrogen (secondary N) is 1. The second-order valence-electron chi connectivity index (χ2n) is 7.27. The molecular weight excluding hydrogens is 260 g/mol. The molecule has 2 fully saturated rings. The van der Waals surface area contributed by atoms with Crippen molar-refractivity contribution in [3.05, 3.63) is 0 Å². The second-order valence-corrected chi connectivity index (χ2v) is 7.27. The Morgan fingerprint density at radius 3 is 2.33 bits per heavy atom. The van der Waals surface area contributed by atoms with Crippen LogP contribution in [0, 0.1) is 0 Å². The molecule has 0 amide bonds. The Morgan fingerprint density at radius 1 is 1.05 bits per heavy atom. The topological polar surface area (TPSA) is 21.8 Å². The molecule has 0 aromatic rings. The van der Waals surface area contributed by atoms with Gasteiger partial charge in [0.05, 0.1) is 0 Å². The summed E-state index contributed by atoms with van der Waals surface area (Å²) in [4.78, 5) is 7.56. The van der Waals surface area contributed by atoms with Gasteiger partial charge in [0.25, 0.3) is 0 Å². The summed E-state index contributed by atoms with van der Waals surface area (Å²) >= 11 is 0. The van der Waals surface area contributed by atoms with Gasteiger partial charge in [-0.3, -0.25) is 9.80 Å². The summed E-state index contributed by atoms with van der Waals surface area (Å²) in [6, 6.07) is 1.48. The first-order valence-electron chi connectivity index (χ1n) is 8.99. The Labute approximate surface area is 131 Å². The number of nitrogens with zero attached hydrogens (tertiary/aromatic N) is 3. The number of hydrogen-bond donors (Lipinski definition) is 1. The van der Waals surface area contributed by atoms with Gasteiger partial charge in [0.1, 0.15) is 0 Å². The van der Waals surface area contributed by atoms with Gasteiger partial charge in [0.15, 0.2) is 0 Å². The Morgan fingerprint density at radius 2 is 1.71 bits per heavy atom. The highest BCUT2D eigenvalue weighted by Crippen LogP contribution is 2.17. The third-order valence-electron chi connectivity index (χ3n) is 5.20. The zero-order valence-electron chi connectivity index (χ0n) is 14.5. The zero-order chi connectivity index (χ0) is 15.1. The molecule has 4 heteroatoms. The molecule has 0 aromatic heterocycles. The first-order valence-corrected chi connectivity index (χ1v) is 8.99. The Kier molecular flexibility index (Phi) is 7.44. The third kappa shape index (κ3) is 6.23. The summed E-state index contributed by atoms with van der Waals surface area (Å²) in [5.74, 6) is 0. The highest BCUT2D eigenvalue weighted by molar-refractivity contribution is 4.80. The third-order valence-corrected chi connectivity index (χ3v) is 5.20. The summed E-state index contributed by atoms with van der Waals surface area (Å²) in [6.07, 6.45) is 7.09. The van der Waals surface area contributed by atoms with Crippen LogP contribution in [-0.4, -0.2) is 86.7 Å². The van der Waals surface area contributed by atoms with Crippen LogP contribution in [0.2, 0.25) is 0 Å². The molecule has 21 heavy (non-hydrogen) atoms. The SMILES string of the molecule is CC(CNC1CCCCC1)N1CCN(CCN(C)C)CC1. The van der Waals surface area contributed by atoms with E-state index < -0.39 is 0 Å². The van der Waals surface area contributed by atoms with Gasteiger partial charge in [-0.2, -0.15) is 0 Å². The summed E-state index contributed by atoms with van der Waals surface area (Å²) in [7, 11) is 4.32.